The Morgan fingerprint density at radius 2 is 1.79 bits per heavy atom. The average Bonchev–Trinajstić information content (AvgIpc) is 3.33. The molecule has 0 spiro atoms. The van der Waals surface area contributed by atoms with Crippen molar-refractivity contribution < 1.29 is 17.6 Å². The molecule has 0 aliphatic carbocycles. The van der Waals surface area contributed by atoms with Crippen LogP contribution in [-0.2, 0) is 6.42 Å². The van der Waals surface area contributed by atoms with Crippen LogP contribution < -0.4 is 0 Å². The summed E-state index contributed by atoms with van der Waals surface area (Å²) in [5.74, 6) is -0.306. The van der Waals surface area contributed by atoms with E-state index in [9.17, 15) is 8.78 Å². The largest absolute Gasteiger partial charge is 0.420 e. The smallest absolute Gasteiger partial charge is 0.269 e. The molecule has 0 N–H and O–H groups in total. The summed E-state index contributed by atoms with van der Waals surface area (Å²) in [5, 5.41) is 15.5. The molecule has 0 radical (unpaired) electrons. The summed E-state index contributed by atoms with van der Waals surface area (Å²) in [6, 6.07) is 5.58. The minimum Gasteiger partial charge on any atom is -0.420 e. The van der Waals surface area contributed by atoms with Crippen LogP contribution in [0.25, 0.3) is 23.2 Å². The monoisotopic (exact) mass is 384 g/mol. The van der Waals surface area contributed by atoms with Gasteiger partial charge in [-0.3, -0.25) is 0 Å². The number of hydrogen-bond acceptors (Lipinski definition) is 8. The normalized spacial score (nSPS) is 12.3. The molecule has 4 heterocycles. The molecule has 0 aliphatic rings. The van der Waals surface area contributed by atoms with Crippen LogP contribution in [0.15, 0.2) is 39.3 Å². The van der Waals surface area contributed by atoms with Crippen molar-refractivity contribution in [3.63, 3.8) is 0 Å². The first-order valence-electron chi connectivity index (χ1n) is 8.41. The van der Waals surface area contributed by atoms with Gasteiger partial charge in [-0.1, -0.05) is 6.92 Å². The van der Waals surface area contributed by atoms with Gasteiger partial charge in [0.2, 0.25) is 11.8 Å². The van der Waals surface area contributed by atoms with Gasteiger partial charge in [0, 0.05) is 25.0 Å². The second-order valence-corrected chi connectivity index (χ2v) is 6.17. The van der Waals surface area contributed by atoms with E-state index in [1.165, 1.54) is 18.2 Å². The summed E-state index contributed by atoms with van der Waals surface area (Å²) in [7, 11) is 0. The van der Waals surface area contributed by atoms with Gasteiger partial charge in [-0.25, -0.2) is 18.7 Å². The minimum atomic E-state index is -0.553. The summed E-state index contributed by atoms with van der Waals surface area (Å²) in [5.41, 5.74) is 0.966. The molecule has 0 fully saturated rings. The molecular formula is C18H14F2N6O2. The second-order valence-electron chi connectivity index (χ2n) is 6.17. The number of nitrogens with zero attached hydrogens (tertiary/aromatic N) is 6. The van der Waals surface area contributed by atoms with E-state index in [1.54, 1.807) is 13.0 Å². The first-order chi connectivity index (χ1) is 13.5. The van der Waals surface area contributed by atoms with Crippen molar-refractivity contribution >= 4 is 0 Å². The highest BCUT2D eigenvalue weighted by Gasteiger charge is 2.19. The Morgan fingerprint density at radius 3 is 2.50 bits per heavy atom. The van der Waals surface area contributed by atoms with Gasteiger partial charge in [-0.15, -0.1) is 20.4 Å². The standard InChI is InChI=1S/C18H14F2N6O2/c1-9(16-24-25-17(28-16)14-6-3-11(19)8-21-14)7-12-4-5-13(20)15(22-12)18-26-23-10(2)27-18/h3-6,8-9H,7H2,1-2H3. The molecule has 4 aromatic heterocycles. The Morgan fingerprint density at radius 1 is 0.964 bits per heavy atom. The third-order valence-electron chi connectivity index (χ3n) is 3.96. The van der Waals surface area contributed by atoms with Gasteiger partial charge < -0.3 is 8.83 Å². The lowest BCUT2D eigenvalue weighted by Crippen LogP contribution is -2.03. The van der Waals surface area contributed by atoms with Crippen LogP contribution in [0.1, 0.15) is 30.3 Å². The topological polar surface area (TPSA) is 104 Å². The maximum Gasteiger partial charge on any atom is 0.269 e. The first kappa shape index (κ1) is 17.8. The maximum atomic E-state index is 14.1. The third kappa shape index (κ3) is 3.61. The van der Waals surface area contributed by atoms with Crippen molar-refractivity contribution in [2.45, 2.75) is 26.2 Å². The van der Waals surface area contributed by atoms with Crippen molar-refractivity contribution in [3.8, 4) is 23.2 Å². The van der Waals surface area contributed by atoms with Gasteiger partial charge in [0.1, 0.15) is 11.5 Å². The molecule has 4 rings (SSSR count). The van der Waals surface area contributed by atoms with Crippen molar-refractivity contribution in [2.24, 2.45) is 0 Å². The predicted octanol–water partition coefficient (Wildman–Crippen LogP) is 3.51. The van der Waals surface area contributed by atoms with E-state index >= 15 is 0 Å². The third-order valence-corrected chi connectivity index (χ3v) is 3.96. The molecule has 0 saturated carbocycles. The van der Waals surface area contributed by atoms with E-state index in [4.69, 9.17) is 8.83 Å². The predicted molar refractivity (Wildman–Crippen MR) is 91.8 cm³/mol. The van der Waals surface area contributed by atoms with E-state index in [0.717, 1.165) is 6.20 Å². The van der Waals surface area contributed by atoms with Crippen LogP contribution >= 0.6 is 0 Å². The Kier molecular flexibility index (Phi) is 4.60. The molecule has 1 unspecified atom stereocenters. The first-order valence-corrected chi connectivity index (χ1v) is 8.41. The molecule has 1 atom stereocenters. The van der Waals surface area contributed by atoms with Gasteiger partial charge in [0.25, 0.3) is 11.8 Å². The lowest BCUT2D eigenvalue weighted by atomic mass is 10.1. The van der Waals surface area contributed by atoms with E-state index in [2.05, 4.69) is 30.4 Å². The Labute approximate surface area is 157 Å². The van der Waals surface area contributed by atoms with Gasteiger partial charge in [0.05, 0.1) is 6.20 Å². The summed E-state index contributed by atoms with van der Waals surface area (Å²) in [4.78, 5) is 8.19. The highest BCUT2D eigenvalue weighted by atomic mass is 19.1. The molecule has 0 aromatic carbocycles. The summed E-state index contributed by atoms with van der Waals surface area (Å²) < 4.78 is 38.0. The lowest BCUT2D eigenvalue weighted by Gasteiger charge is -2.07. The van der Waals surface area contributed by atoms with Crippen LogP contribution in [0.4, 0.5) is 8.78 Å². The highest BCUT2D eigenvalue weighted by molar-refractivity contribution is 5.48. The Balaban J connectivity index is 1.54. The van der Waals surface area contributed by atoms with Crippen LogP contribution in [0, 0.1) is 18.6 Å². The fraction of sp³-hybridized carbons (Fsp3) is 0.222. The van der Waals surface area contributed by atoms with Gasteiger partial charge in [-0.05, 0) is 24.3 Å². The highest BCUT2D eigenvalue weighted by Crippen LogP contribution is 2.25. The van der Waals surface area contributed by atoms with Crippen LogP contribution in [0.3, 0.4) is 0 Å². The van der Waals surface area contributed by atoms with Crippen LogP contribution in [0.2, 0.25) is 0 Å². The average molecular weight is 384 g/mol. The zero-order valence-corrected chi connectivity index (χ0v) is 14.9. The van der Waals surface area contributed by atoms with Gasteiger partial charge >= 0.3 is 0 Å². The summed E-state index contributed by atoms with van der Waals surface area (Å²) >= 11 is 0. The fourth-order valence-corrected chi connectivity index (χ4v) is 2.58. The fourth-order valence-electron chi connectivity index (χ4n) is 2.58. The molecule has 142 valence electrons. The van der Waals surface area contributed by atoms with Crippen LogP contribution in [0.5, 0.6) is 0 Å². The zero-order valence-electron chi connectivity index (χ0n) is 14.9. The molecule has 28 heavy (non-hydrogen) atoms. The quantitative estimate of drug-likeness (QED) is 0.515. The van der Waals surface area contributed by atoms with E-state index < -0.39 is 11.6 Å². The lowest BCUT2D eigenvalue weighted by molar-refractivity contribution is 0.463. The zero-order chi connectivity index (χ0) is 19.7. The SMILES string of the molecule is Cc1nnc(-c2nc(CC(C)c3nnc(-c4ccc(F)cn4)o3)ccc2F)o1. The number of pyridine rings is 2. The van der Waals surface area contributed by atoms with Crippen LogP contribution in [-0.4, -0.2) is 30.4 Å². The number of hydrogen-bond donors (Lipinski definition) is 0. The Bertz CT molecular complexity index is 1110. The van der Waals surface area contributed by atoms with E-state index in [0.29, 0.717) is 29.6 Å². The minimum absolute atomic E-state index is 0.00738. The molecule has 0 saturated heterocycles. The maximum absolute atomic E-state index is 14.1. The molecule has 10 heteroatoms. The van der Waals surface area contributed by atoms with Crippen molar-refractivity contribution in [1.82, 2.24) is 30.4 Å². The summed E-state index contributed by atoms with van der Waals surface area (Å²) in [6.45, 7) is 3.49. The molecule has 4 aromatic rings. The van der Waals surface area contributed by atoms with Gasteiger partial charge in [-0.2, -0.15) is 0 Å². The number of aromatic nitrogens is 6. The van der Waals surface area contributed by atoms with Gasteiger partial charge in [0.15, 0.2) is 11.5 Å². The molecule has 0 bridgehead atoms. The van der Waals surface area contributed by atoms with E-state index in [-0.39, 0.29) is 23.4 Å². The molecule has 0 amide bonds. The molecule has 0 aliphatic heterocycles. The number of rotatable bonds is 5. The molecular weight excluding hydrogens is 370 g/mol. The second kappa shape index (κ2) is 7.22. The summed E-state index contributed by atoms with van der Waals surface area (Å²) in [6.07, 6.45) is 1.49. The van der Waals surface area contributed by atoms with E-state index in [1.807, 2.05) is 6.92 Å². The number of aryl methyl sites for hydroxylation is 1. The van der Waals surface area contributed by atoms with Crippen molar-refractivity contribution in [2.75, 3.05) is 0 Å². The molecule has 8 nitrogen and oxygen atoms in total. The van der Waals surface area contributed by atoms with Crippen molar-refractivity contribution in [3.05, 3.63) is 59.6 Å². The Hall–Kier alpha value is -3.56. The number of halogens is 2. The van der Waals surface area contributed by atoms with Crippen molar-refractivity contribution in [1.29, 1.82) is 0 Å².